The molecule has 0 saturated heterocycles. The highest BCUT2D eigenvalue weighted by molar-refractivity contribution is 5.80. The van der Waals surface area contributed by atoms with E-state index >= 15 is 0 Å². The summed E-state index contributed by atoms with van der Waals surface area (Å²) in [6.45, 7) is 2.03. The van der Waals surface area contributed by atoms with Gasteiger partial charge in [0, 0.05) is 7.11 Å². The molecule has 0 spiro atoms. The highest BCUT2D eigenvalue weighted by Crippen LogP contribution is 2.28. The van der Waals surface area contributed by atoms with Crippen LogP contribution >= 0.6 is 0 Å². The quantitative estimate of drug-likeness (QED) is 0.436. The molecule has 1 amide bonds. The first-order chi connectivity index (χ1) is 8.62. The van der Waals surface area contributed by atoms with E-state index in [1.807, 2.05) is 24.5 Å². The molecule has 0 aromatic heterocycles. The molecule has 1 aromatic rings. The van der Waals surface area contributed by atoms with Crippen LogP contribution in [0.1, 0.15) is 5.56 Å². The molecule has 1 rings (SSSR count). The van der Waals surface area contributed by atoms with Crippen molar-refractivity contribution in [3.8, 4) is 11.5 Å². The lowest BCUT2D eigenvalue weighted by Crippen LogP contribution is -2.44. The minimum Gasteiger partial charge on any atom is -0.493 e. The van der Waals surface area contributed by atoms with E-state index in [9.17, 15) is 4.79 Å². The summed E-state index contributed by atoms with van der Waals surface area (Å²) in [6, 6.07) is 5.42. The van der Waals surface area contributed by atoms with Gasteiger partial charge in [-0.25, -0.2) is 5.84 Å². The van der Waals surface area contributed by atoms with E-state index in [1.165, 1.54) is 14.2 Å². The minimum atomic E-state index is -0.823. The fourth-order valence-corrected chi connectivity index (χ4v) is 1.43. The number of carbonyl (C=O) groups is 1. The van der Waals surface area contributed by atoms with E-state index in [4.69, 9.17) is 20.1 Å². The van der Waals surface area contributed by atoms with Gasteiger partial charge in [-0.3, -0.25) is 10.2 Å². The van der Waals surface area contributed by atoms with E-state index < -0.39 is 12.0 Å². The molecule has 100 valence electrons. The van der Waals surface area contributed by atoms with Crippen molar-refractivity contribution in [1.82, 2.24) is 5.43 Å². The number of hydrogen-bond acceptors (Lipinski definition) is 5. The molecule has 0 bridgehead atoms. The summed E-state index contributed by atoms with van der Waals surface area (Å²) in [5, 5.41) is 0. The number of methoxy groups -OCH3 is 2. The molecule has 1 atom stereocenters. The van der Waals surface area contributed by atoms with Crippen molar-refractivity contribution in [3.63, 3.8) is 0 Å². The third-order valence-corrected chi connectivity index (χ3v) is 2.34. The summed E-state index contributed by atoms with van der Waals surface area (Å²) in [5.74, 6) is 5.65. The summed E-state index contributed by atoms with van der Waals surface area (Å²) in [4.78, 5) is 11.5. The van der Waals surface area contributed by atoms with Crippen molar-refractivity contribution in [2.75, 3.05) is 20.8 Å². The SMILES string of the molecule is COCC(Oc1ccc(C)cc1OC)C(=O)NN. The maximum atomic E-state index is 11.5. The van der Waals surface area contributed by atoms with Gasteiger partial charge in [0.05, 0.1) is 13.7 Å². The molecule has 1 unspecified atom stereocenters. The molecule has 0 saturated carbocycles. The molecule has 0 heterocycles. The van der Waals surface area contributed by atoms with Crippen LogP contribution < -0.4 is 20.7 Å². The summed E-state index contributed by atoms with van der Waals surface area (Å²) in [6.07, 6.45) is -0.823. The molecule has 1 aromatic carbocycles. The van der Waals surface area contributed by atoms with Crippen molar-refractivity contribution in [2.45, 2.75) is 13.0 Å². The van der Waals surface area contributed by atoms with Crippen molar-refractivity contribution >= 4 is 5.91 Å². The van der Waals surface area contributed by atoms with E-state index in [0.717, 1.165) is 5.56 Å². The number of nitrogens with one attached hydrogen (secondary N) is 1. The van der Waals surface area contributed by atoms with Gasteiger partial charge in [-0.1, -0.05) is 6.07 Å². The molecule has 0 fully saturated rings. The van der Waals surface area contributed by atoms with Gasteiger partial charge >= 0.3 is 0 Å². The maximum Gasteiger partial charge on any atom is 0.277 e. The summed E-state index contributed by atoms with van der Waals surface area (Å²) in [7, 11) is 3.02. The van der Waals surface area contributed by atoms with Crippen molar-refractivity contribution in [1.29, 1.82) is 0 Å². The number of hydrogen-bond donors (Lipinski definition) is 2. The third-order valence-electron chi connectivity index (χ3n) is 2.34. The van der Waals surface area contributed by atoms with Crippen LogP contribution in [0, 0.1) is 6.92 Å². The molecular formula is C12H18N2O4. The highest BCUT2D eigenvalue weighted by Gasteiger charge is 2.21. The molecule has 18 heavy (non-hydrogen) atoms. The topological polar surface area (TPSA) is 82.8 Å². The number of amides is 1. The standard InChI is InChI=1S/C12H18N2O4/c1-8-4-5-9(10(6-8)17-3)18-11(7-16-2)12(15)14-13/h4-6,11H,7,13H2,1-3H3,(H,14,15). The van der Waals surface area contributed by atoms with Gasteiger partial charge in [0.1, 0.15) is 0 Å². The molecule has 3 N–H and O–H groups in total. The minimum absolute atomic E-state index is 0.0973. The van der Waals surface area contributed by atoms with Gasteiger partial charge in [-0.2, -0.15) is 0 Å². The van der Waals surface area contributed by atoms with Crippen LogP contribution in [-0.4, -0.2) is 32.8 Å². The molecule has 6 nitrogen and oxygen atoms in total. The second-order valence-corrected chi connectivity index (χ2v) is 3.72. The lowest BCUT2D eigenvalue weighted by atomic mass is 10.2. The molecule has 0 aliphatic carbocycles. The zero-order chi connectivity index (χ0) is 13.5. The first-order valence-electron chi connectivity index (χ1n) is 5.43. The smallest absolute Gasteiger partial charge is 0.277 e. The Bertz CT molecular complexity index is 409. The normalized spacial score (nSPS) is 11.8. The van der Waals surface area contributed by atoms with Crippen LogP contribution in [0.15, 0.2) is 18.2 Å². The van der Waals surface area contributed by atoms with Gasteiger partial charge in [-0.15, -0.1) is 0 Å². The van der Waals surface area contributed by atoms with Crippen molar-refractivity contribution < 1.29 is 19.0 Å². The molecule has 6 heteroatoms. The average molecular weight is 254 g/mol. The fraction of sp³-hybridized carbons (Fsp3) is 0.417. The molecular weight excluding hydrogens is 236 g/mol. The number of benzene rings is 1. The Balaban J connectivity index is 2.89. The Morgan fingerprint density at radius 3 is 2.67 bits per heavy atom. The Labute approximate surface area is 106 Å². The fourth-order valence-electron chi connectivity index (χ4n) is 1.43. The lowest BCUT2D eigenvalue weighted by molar-refractivity contribution is -0.130. The molecule has 0 aliphatic heterocycles. The average Bonchev–Trinajstić information content (AvgIpc) is 2.39. The van der Waals surface area contributed by atoms with Crippen LogP contribution in [0.2, 0.25) is 0 Å². The van der Waals surface area contributed by atoms with Crippen molar-refractivity contribution in [2.24, 2.45) is 5.84 Å². The van der Waals surface area contributed by atoms with Crippen LogP contribution in [0.25, 0.3) is 0 Å². The zero-order valence-electron chi connectivity index (χ0n) is 10.7. The number of aryl methyl sites for hydroxylation is 1. The zero-order valence-corrected chi connectivity index (χ0v) is 10.7. The number of ether oxygens (including phenoxy) is 3. The largest absolute Gasteiger partial charge is 0.493 e. The lowest BCUT2D eigenvalue weighted by Gasteiger charge is -2.18. The van der Waals surface area contributed by atoms with Gasteiger partial charge < -0.3 is 14.2 Å². The van der Waals surface area contributed by atoms with Gasteiger partial charge in [0.15, 0.2) is 11.5 Å². The van der Waals surface area contributed by atoms with Crippen molar-refractivity contribution in [3.05, 3.63) is 23.8 Å². The Morgan fingerprint density at radius 1 is 1.39 bits per heavy atom. The third kappa shape index (κ3) is 3.61. The van der Waals surface area contributed by atoms with Gasteiger partial charge in [-0.05, 0) is 24.6 Å². The number of hydrazine groups is 1. The predicted octanol–water partition coefficient (Wildman–Crippen LogP) is 0.387. The Morgan fingerprint density at radius 2 is 2.11 bits per heavy atom. The number of nitrogens with two attached hydrogens (primary N) is 1. The Kier molecular flexibility index (Phi) is 5.41. The second-order valence-electron chi connectivity index (χ2n) is 3.72. The summed E-state index contributed by atoms with van der Waals surface area (Å²) in [5.41, 5.74) is 3.07. The first-order valence-corrected chi connectivity index (χ1v) is 5.43. The van der Waals surface area contributed by atoms with E-state index in [2.05, 4.69) is 0 Å². The molecule has 0 aliphatic rings. The summed E-state index contributed by atoms with van der Waals surface area (Å²) < 4.78 is 15.6. The van der Waals surface area contributed by atoms with E-state index in [0.29, 0.717) is 11.5 Å². The number of rotatable bonds is 6. The maximum absolute atomic E-state index is 11.5. The van der Waals surface area contributed by atoms with Crippen LogP contribution in [0.3, 0.4) is 0 Å². The second kappa shape index (κ2) is 6.83. The first kappa shape index (κ1) is 14.3. The van der Waals surface area contributed by atoms with Crippen LogP contribution in [0.4, 0.5) is 0 Å². The molecule has 0 radical (unpaired) electrons. The van der Waals surface area contributed by atoms with E-state index in [-0.39, 0.29) is 6.61 Å². The Hall–Kier alpha value is -1.79. The van der Waals surface area contributed by atoms with Crippen LogP contribution in [-0.2, 0) is 9.53 Å². The van der Waals surface area contributed by atoms with Crippen LogP contribution in [0.5, 0.6) is 11.5 Å². The monoisotopic (exact) mass is 254 g/mol. The van der Waals surface area contributed by atoms with Gasteiger partial charge in [0.25, 0.3) is 5.91 Å². The van der Waals surface area contributed by atoms with Gasteiger partial charge in [0.2, 0.25) is 6.10 Å². The number of carbonyl (C=O) groups excluding carboxylic acids is 1. The highest BCUT2D eigenvalue weighted by atomic mass is 16.5. The predicted molar refractivity (Wildman–Crippen MR) is 66.4 cm³/mol. The van der Waals surface area contributed by atoms with E-state index in [1.54, 1.807) is 6.07 Å². The summed E-state index contributed by atoms with van der Waals surface area (Å²) >= 11 is 0.